The second kappa shape index (κ2) is 6.52. The van der Waals surface area contributed by atoms with E-state index in [2.05, 4.69) is 10.6 Å². The molecule has 17 heavy (non-hydrogen) atoms. The van der Waals surface area contributed by atoms with E-state index in [0.29, 0.717) is 18.9 Å². The summed E-state index contributed by atoms with van der Waals surface area (Å²) in [6.45, 7) is 3.81. The minimum absolute atomic E-state index is 0.0744. The first-order chi connectivity index (χ1) is 8.08. The summed E-state index contributed by atoms with van der Waals surface area (Å²) in [7, 11) is 0. The van der Waals surface area contributed by atoms with Crippen LogP contribution in [0, 0.1) is 0 Å². The lowest BCUT2D eigenvalue weighted by atomic mass is 10.3. The summed E-state index contributed by atoms with van der Waals surface area (Å²) < 4.78 is 5.39. The van der Waals surface area contributed by atoms with Gasteiger partial charge in [-0.05, 0) is 24.3 Å². The van der Waals surface area contributed by atoms with E-state index in [1.807, 2.05) is 0 Å². The van der Waals surface area contributed by atoms with Gasteiger partial charge < -0.3 is 15.4 Å². The molecule has 0 atom stereocenters. The Morgan fingerprint density at radius 3 is 2.29 bits per heavy atom. The molecule has 1 rings (SSSR count). The number of hydrogen-bond donors (Lipinski definition) is 2. The molecular formula is C12H16N2O3. The normalized spacial score (nSPS) is 9.53. The highest BCUT2D eigenvalue weighted by Crippen LogP contribution is 2.15. The van der Waals surface area contributed by atoms with Crippen LogP contribution in [0.2, 0.25) is 0 Å². The number of nitrogens with one attached hydrogen (secondary N) is 2. The second-order valence-electron chi connectivity index (χ2n) is 3.54. The number of rotatable bonds is 5. The van der Waals surface area contributed by atoms with Crippen LogP contribution in [0.4, 0.5) is 5.69 Å². The number of hydrogen-bond acceptors (Lipinski definition) is 3. The molecule has 2 amide bonds. The first-order valence-corrected chi connectivity index (χ1v) is 5.33. The van der Waals surface area contributed by atoms with Gasteiger partial charge in [-0.15, -0.1) is 0 Å². The largest absolute Gasteiger partial charge is 0.492 e. The Labute approximate surface area is 100 Å². The molecule has 0 bridgehead atoms. The van der Waals surface area contributed by atoms with Crippen molar-refractivity contribution in [3.8, 4) is 5.75 Å². The molecule has 5 heteroatoms. The minimum atomic E-state index is -0.107. The molecular weight excluding hydrogens is 220 g/mol. The quantitative estimate of drug-likeness (QED) is 0.754. The minimum Gasteiger partial charge on any atom is -0.492 e. The topological polar surface area (TPSA) is 67.4 Å². The molecule has 1 aromatic rings. The SMILES string of the molecule is CC(=O)NCCOc1ccc(NC(C)=O)cc1. The van der Waals surface area contributed by atoms with Gasteiger partial charge in [0.15, 0.2) is 0 Å². The summed E-state index contributed by atoms with van der Waals surface area (Å²) in [5, 5.41) is 5.30. The molecule has 0 aliphatic carbocycles. The van der Waals surface area contributed by atoms with Crippen molar-refractivity contribution in [3.05, 3.63) is 24.3 Å². The number of ether oxygens (including phenoxy) is 1. The Morgan fingerprint density at radius 2 is 1.76 bits per heavy atom. The van der Waals surface area contributed by atoms with Crippen LogP contribution in [0.25, 0.3) is 0 Å². The number of carbonyl (C=O) groups is 2. The standard InChI is InChI=1S/C12H16N2O3/c1-9(15)13-7-8-17-12-5-3-11(4-6-12)14-10(2)16/h3-6H,7-8H2,1-2H3,(H,13,15)(H,14,16). The predicted octanol–water partition coefficient (Wildman–Crippen LogP) is 1.16. The summed E-state index contributed by atoms with van der Waals surface area (Å²) in [6.07, 6.45) is 0. The zero-order valence-corrected chi connectivity index (χ0v) is 9.95. The highest BCUT2D eigenvalue weighted by molar-refractivity contribution is 5.88. The molecule has 0 aromatic heterocycles. The van der Waals surface area contributed by atoms with E-state index in [4.69, 9.17) is 4.74 Å². The van der Waals surface area contributed by atoms with Gasteiger partial charge in [-0.3, -0.25) is 9.59 Å². The second-order valence-corrected chi connectivity index (χ2v) is 3.54. The van der Waals surface area contributed by atoms with E-state index < -0.39 is 0 Å². The highest BCUT2D eigenvalue weighted by Gasteiger charge is 1.97. The fraction of sp³-hybridized carbons (Fsp3) is 0.333. The van der Waals surface area contributed by atoms with E-state index in [-0.39, 0.29) is 11.8 Å². The van der Waals surface area contributed by atoms with Crippen LogP contribution in [0.5, 0.6) is 5.75 Å². The van der Waals surface area contributed by atoms with Crippen molar-refractivity contribution in [1.29, 1.82) is 0 Å². The third kappa shape index (κ3) is 5.55. The zero-order chi connectivity index (χ0) is 12.7. The maximum absolute atomic E-state index is 10.8. The molecule has 0 fully saturated rings. The summed E-state index contributed by atoms with van der Waals surface area (Å²) in [4.78, 5) is 21.4. The van der Waals surface area contributed by atoms with Gasteiger partial charge in [0.05, 0.1) is 6.54 Å². The Hall–Kier alpha value is -2.04. The number of amides is 2. The summed E-state index contributed by atoms with van der Waals surface area (Å²) in [6, 6.07) is 7.04. The molecule has 0 spiro atoms. The van der Waals surface area contributed by atoms with Crippen LogP contribution in [0.1, 0.15) is 13.8 Å². The molecule has 1 aromatic carbocycles. The average molecular weight is 236 g/mol. The number of anilines is 1. The maximum atomic E-state index is 10.8. The summed E-state index contributed by atoms with van der Waals surface area (Å²) in [5.41, 5.74) is 0.728. The zero-order valence-electron chi connectivity index (χ0n) is 9.95. The Morgan fingerprint density at radius 1 is 1.12 bits per heavy atom. The van der Waals surface area contributed by atoms with Gasteiger partial charge in [-0.1, -0.05) is 0 Å². The average Bonchev–Trinajstić information content (AvgIpc) is 2.25. The lowest BCUT2D eigenvalue weighted by molar-refractivity contribution is -0.119. The van der Waals surface area contributed by atoms with Gasteiger partial charge in [0.2, 0.25) is 11.8 Å². The highest BCUT2D eigenvalue weighted by atomic mass is 16.5. The molecule has 5 nitrogen and oxygen atoms in total. The van der Waals surface area contributed by atoms with Gasteiger partial charge in [-0.2, -0.15) is 0 Å². The molecule has 0 radical (unpaired) electrons. The fourth-order valence-corrected chi connectivity index (χ4v) is 1.23. The van der Waals surface area contributed by atoms with E-state index >= 15 is 0 Å². The van der Waals surface area contributed by atoms with Crippen LogP contribution in [-0.4, -0.2) is 25.0 Å². The molecule has 2 N–H and O–H groups in total. The molecule has 0 unspecified atom stereocenters. The van der Waals surface area contributed by atoms with Crippen molar-refractivity contribution in [2.75, 3.05) is 18.5 Å². The van der Waals surface area contributed by atoms with E-state index in [0.717, 1.165) is 5.69 Å². The molecule has 92 valence electrons. The van der Waals surface area contributed by atoms with Crippen molar-refractivity contribution in [2.45, 2.75) is 13.8 Å². The first-order valence-electron chi connectivity index (χ1n) is 5.33. The monoisotopic (exact) mass is 236 g/mol. The lowest BCUT2D eigenvalue weighted by Gasteiger charge is -2.07. The van der Waals surface area contributed by atoms with Gasteiger partial charge in [0, 0.05) is 19.5 Å². The number of carbonyl (C=O) groups excluding carboxylic acids is 2. The van der Waals surface area contributed by atoms with Crippen molar-refractivity contribution < 1.29 is 14.3 Å². The maximum Gasteiger partial charge on any atom is 0.221 e. The van der Waals surface area contributed by atoms with Crippen molar-refractivity contribution in [2.24, 2.45) is 0 Å². The van der Waals surface area contributed by atoms with E-state index in [1.165, 1.54) is 13.8 Å². The molecule has 0 saturated heterocycles. The van der Waals surface area contributed by atoms with E-state index in [9.17, 15) is 9.59 Å². The summed E-state index contributed by atoms with van der Waals surface area (Å²) in [5.74, 6) is 0.517. The molecule has 0 saturated carbocycles. The molecule has 0 aliphatic heterocycles. The van der Waals surface area contributed by atoms with Crippen LogP contribution >= 0.6 is 0 Å². The van der Waals surface area contributed by atoms with Gasteiger partial charge in [0.25, 0.3) is 0 Å². The Balaban J connectivity index is 2.35. The third-order valence-corrected chi connectivity index (χ3v) is 1.92. The third-order valence-electron chi connectivity index (χ3n) is 1.92. The van der Waals surface area contributed by atoms with E-state index in [1.54, 1.807) is 24.3 Å². The summed E-state index contributed by atoms with van der Waals surface area (Å²) >= 11 is 0. The van der Waals surface area contributed by atoms with Crippen LogP contribution in [-0.2, 0) is 9.59 Å². The van der Waals surface area contributed by atoms with Crippen molar-refractivity contribution in [1.82, 2.24) is 5.32 Å². The Kier molecular flexibility index (Phi) is 5.00. The smallest absolute Gasteiger partial charge is 0.221 e. The van der Waals surface area contributed by atoms with Gasteiger partial charge in [-0.25, -0.2) is 0 Å². The van der Waals surface area contributed by atoms with Crippen LogP contribution < -0.4 is 15.4 Å². The predicted molar refractivity (Wildman–Crippen MR) is 64.9 cm³/mol. The molecule has 0 heterocycles. The van der Waals surface area contributed by atoms with Gasteiger partial charge in [0.1, 0.15) is 12.4 Å². The Bertz CT molecular complexity index is 387. The molecule has 0 aliphatic rings. The van der Waals surface area contributed by atoms with Gasteiger partial charge >= 0.3 is 0 Å². The van der Waals surface area contributed by atoms with Crippen molar-refractivity contribution >= 4 is 17.5 Å². The van der Waals surface area contributed by atoms with Crippen LogP contribution in [0.15, 0.2) is 24.3 Å². The lowest BCUT2D eigenvalue weighted by Crippen LogP contribution is -2.25. The fourth-order valence-electron chi connectivity index (χ4n) is 1.23. The first kappa shape index (κ1) is 13.0. The van der Waals surface area contributed by atoms with Crippen molar-refractivity contribution in [3.63, 3.8) is 0 Å². The number of benzene rings is 1. The van der Waals surface area contributed by atoms with Crippen LogP contribution in [0.3, 0.4) is 0 Å².